The maximum absolute atomic E-state index is 12.1. The van der Waals surface area contributed by atoms with Crippen LogP contribution in [0.15, 0.2) is 5.16 Å². The van der Waals surface area contributed by atoms with Crippen molar-refractivity contribution >= 4 is 24.1 Å². The molecule has 1 aromatic heterocycles. The summed E-state index contributed by atoms with van der Waals surface area (Å²) < 4.78 is 1.28. The summed E-state index contributed by atoms with van der Waals surface area (Å²) in [6, 6.07) is -0.267. The molecule has 1 unspecified atom stereocenters. The Morgan fingerprint density at radius 1 is 1.45 bits per heavy atom. The monoisotopic (exact) mass is 298 g/mol. The summed E-state index contributed by atoms with van der Waals surface area (Å²) in [5.41, 5.74) is -0.254. The van der Waals surface area contributed by atoms with Gasteiger partial charge in [-0.2, -0.15) is 4.68 Å². The highest BCUT2D eigenvalue weighted by atomic mass is 32.2. The van der Waals surface area contributed by atoms with Crippen LogP contribution in [-0.2, 0) is 10.2 Å². The van der Waals surface area contributed by atoms with Crippen molar-refractivity contribution in [2.45, 2.75) is 49.9 Å². The summed E-state index contributed by atoms with van der Waals surface area (Å²) in [6.45, 7) is 7.88. The van der Waals surface area contributed by atoms with Crippen molar-refractivity contribution in [1.82, 2.24) is 19.7 Å². The number of aromatic nitrogens is 3. The highest BCUT2D eigenvalue weighted by Gasteiger charge is 2.26. The van der Waals surface area contributed by atoms with Crippen LogP contribution in [0.1, 0.15) is 39.9 Å². The number of amides is 1. The zero-order valence-corrected chi connectivity index (χ0v) is 13.7. The van der Waals surface area contributed by atoms with Crippen LogP contribution in [0.4, 0.5) is 4.79 Å². The van der Waals surface area contributed by atoms with Gasteiger partial charge in [-0.05, 0) is 6.42 Å². The van der Waals surface area contributed by atoms with Crippen LogP contribution in [-0.4, -0.2) is 51.3 Å². The molecule has 0 N–H and O–H groups in total. The normalized spacial score (nSPS) is 13.1. The van der Waals surface area contributed by atoms with Crippen LogP contribution in [0.25, 0.3) is 0 Å². The second-order valence-electron chi connectivity index (χ2n) is 5.76. The number of carbonyl (C=O) groups excluding carboxylic acids is 2. The lowest BCUT2D eigenvalue weighted by Gasteiger charge is -2.13. The van der Waals surface area contributed by atoms with Crippen LogP contribution in [0, 0.1) is 0 Å². The topological polar surface area (TPSA) is 68.1 Å². The van der Waals surface area contributed by atoms with E-state index in [9.17, 15) is 9.59 Å². The Morgan fingerprint density at radius 2 is 2.05 bits per heavy atom. The van der Waals surface area contributed by atoms with Crippen molar-refractivity contribution in [2.24, 2.45) is 0 Å². The van der Waals surface area contributed by atoms with Crippen molar-refractivity contribution in [3.63, 3.8) is 0 Å². The zero-order valence-electron chi connectivity index (χ0n) is 12.9. The highest BCUT2D eigenvalue weighted by Crippen LogP contribution is 2.26. The molecule has 0 saturated heterocycles. The lowest BCUT2D eigenvalue weighted by Crippen LogP contribution is -2.29. The number of nitrogens with zero attached hydrogens (tertiary/aromatic N) is 4. The summed E-state index contributed by atoms with van der Waals surface area (Å²) in [5.74, 6) is 0.593. The molecule has 112 valence electrons. The highest BCUT2D eigenvalue weighted by molar-refractivity contribution is 8.00. The molecule has 0 aliphatic rings. The van der Waals surface area contributed by atoms with Crippen LogP contribution >= 0.6 is 11.8 Å². The molecule has 0 aliphatic carbocycles. The van der Waals surface area contributed by atoms with E-state index in [0.717, 1.165) is 6.29 Å². The predicted molar refractivity (Wildman–Crippen MR) is 79.2 cm³/mol. The maximum atomic E-state index is 12.1. The molecule has 0 saturated carbocycles. The summed E-state index contributed by atoms with van der Waals surface area (Å²) in [7, 11) is 3.32. The van der Waals surface area contributed by atoms with E-state index in [-0.39, 0.29) is 16.7 Å². The van der Waals surface area contributed by atoms with Gasteiger partial charge in [0.15, 0.2) is 11.0 Å². The third-order valence-corrected chi connectivity index (χ3v) is 3.85. The number of hydrogen-bond donors (Lipinski definition) is 0. The number of hydrogen-bond acceptors (Lipinski definition) is 5. The Balaban J connectivity index is 3.22. The van der Waals surface area contributed by atoms with Gasteiger partial charge in [-0.3, -0.25) is 0 Å². The Labute approximate surface area is 123 Å². The first-order chi connectivity index (χ1) is 9.20. The van der Waals surface area contributed by atoms with Crippen molar-refractivity contribution in [1.29, 1.82) is 0 Å². The van der Waals surface area contributed by atoms with Gasteiger partial charge in [0.1, 0.15) is 6.29 Å². The second-order valence-corrected chi connectivity index (χ2v) is 6.96. The Hall–Kier alpha value is -1.37. The van der Waals surface area contributed by atoms with E-state index in [0.29, 0.717) is 17.4 Å². The summed E-state index contributed by atoms with van der Waals surface area (Å²) in [6.07, 6.45) is 1.56. The molecule has 0 bridgehead atoms. The minimum Gasteiger partial charge on any atom is -0.329 e. The van der Waals surface area contributed by atoms with Gasteiger partial charge >= 0.3 is 6.03 Å². The minimum atomic E-state index is -0.267. The van der Waals surface area contributed by atoms with E-state index in [1.54, 1.807) is 14.1 Å². The van der Waals surface area contributed by atoms with Crippen LogP contribution in [0.2, 0.25) is 0 Å². The molecule has 6 nitrogen and oxygen atoms in total. The second kappa shape index (κ2) is 6.39. The summed E-state index contributed by atoms with van der Waals surface area (Å²) in [4.78, 5) is 29.0. The van der Waals surface area contributed by atoms with Crippen LogP contribution in [0.5, 0.6) is 0 Å². The standard InChI is InChI=1S/C13H22N4O2S/c1-7-9(8-18)20-11-14-10(13(2,3)4)15-17(11)12(19)16(5)6/h8-9H,7H2,1-6H3. The zero-order chi connectivity index (χ0) is 15.5. The predicted octanol–water partition coefficient (Wildman–Crippen LogP) is 2.17. The van der Waals surface area contributed by atoms with Crippen molar-refractivity contribution < 1.29 is 9.59 Å². The fraction of sp³-hybridized carbons (Fsp3) is 0.692. The number of rotatable bonds is 4. The van der Waals surface area contributed by atoms with Gasteiger partial charge in [0.05, 0.1) is 5.25 Å². The average Bonchev–Trinajstić information content (AvgIpc) is 2.78. The van der Waals surface area contributed by atoms with Crippen molar-refractivity contribution in [3.8, 4) is 0 Å². The van der Waals surface area contributed by atoms with E-state index >= 15 is 0 Å². The Bertz CT molecular complexity index is 491. The van der Waals surface area contributed by atoms with Gasteiger partial charge in [0, 0.05) is 19.5 Å². The molecular formula is C13H22N4O2S. The molecule has 0 aromatic carbocycles. The Morgan fingerprint density at radius 3 is 2.45 bits per heavy atom. The van der Waals surface area contributed by atoms with Crippen LogP contribution < -0.4 is 0 Å². The number of thioether (sulfide) groups is 1. The fourth-order valence-electron chi connectivity index (χ4n) is 1.35. The summed E-state index contributed by atoms with van der Waals surface area (Å²) >= 11 is 1.27. The number of aldehydes is 1. The fourth-order valence-corrected chi connectivity index (χ4v) is 2.20. The van der Waals surface area contributed by atoms with Crippen molar-refractivity contribution in [3.05, 3.63) is 5.82 Å². The van der Waals surface area contributed by atoms with Crippen molar-refractivity contribution in [2.75, 3.05) is 14.1 Å². The smallest absolute Gasteiger partial charge is 0.329 e. The third kappa shape index (κ3) is 3.82. The molecule has 1 heterocycles. The van der Waals surface area contributed by atoms with E-state index in [4.69, 9.17) is 0 Å². The average molecular weight is 298 g/mol. The van der Waals surface area contributed by atoms with Gasteiger partial charge in [-0.1, -0.05) is 39.5 Å². The van der Waals surface area contributed by atoms with Gasteiger partial charge in [-0.25, -0.2) is 9.78 Å². The molecule has 0 aliphatic heterocycles. The maximum Gasteiger partial charge on any atom is 0.346 e. The summed E-state index contributed by atoms with van der Waals surface area (Å²) in [5, 5.41) is 4.55. The molecular weight excluding hydrogens is 276 g/mol. The largest absolute Gasteiger partial charge is 0.346 e. The molecule has 20 heavy (non-hydrogen) atoms. The first-order valence-corrected chi connectivity index (χ1v) is 7.39. The minimum absolute atomic E-state index is 0.222. The molecule has 0 spiro atoms. The van der Waals surface area contributed by atoms with Gasteiger partial charge < -0.3 is 9.69 Å². The molecule has 0 radical (unpaired) electrons. The SMILES string of the molecule is CCC(C=O)Sc1nc(C(C)(C)C)nn1C(=O)N(C)C. The Kier molecular flexibility index (Phi) is 5.33. The lowest BCUT2D eigenvalue weighted by molar-refractivity contribution is -0.107. The molecule has 1 atom stereocenters. The lowest BCUT2D eigenvalue weighted by atomic mass is 9.96. The first-order valence-electron chi connectivity index (χ1n) is 6.51. The quantitative estimate of drug-likeness (QED) is 0.629. The van der Waals surface area contributed by atoms with Gasteiger partial charge in [0.2, 0.25) is 0 Å². The molecule has 1 amide bonds. The molecule has 0 fully saturated rings. The van der Waals surface area contributed by atoms with Gasteiger partial charge in [-0.15, -0.1) is 5.10 Å². The van der Waals surface area contributed by atoms with E-state index in [2.05, 4.69) is 10.1 Å². The number of carbonyl (C=O) groups is 2. The van der Waals surface area contributed by atoms with Gasteiger partial charge in [0.25, 0.3) is 0 Å². The molecule has 7 heteroatoms. The molecule has 1 aromatic rings. The van der Waals surface area contributed by atoms with E-state index < -0.39 is 0 Å². The first kappa shape index (κ1) is 16.7. The third-order valence-electron chi connectivity index (χ3n) is 2.62. The van der Waals surface area contributed by atoms with E-state index in [1.165, 1.54) is 21.3 Å². The molecule has 1 rings (SSSR count). The van der Waals surface area contributed by atoms with E-state index in [1.807, 2.05) is 27.7 Å². The van der Waals surface area contributed by atoms with Crippen LogP contribution in [0.3, 0.4) is 0 Å².